The molecule has 1 N–H and O–H groups in total. The Morgan fingerprint density at radius 2 is 1.96 bits per heavy atom. The molecule has 0 amide bonds. The van der Waals surface area contributed by atoms with Gasteiger partial charge in [0.15, 0.2) is 6.10 Å². The van der Waals surface area contributed by atoms with Gasteiger partial charge in [-0.1, -0.05) is 30.3 Å². The van der Waals surface area contributed by atoms with Gasteiger partial charge in [0, 0.05) is 7.11 Å². The number of carbonyl (C=O) groups is 1. The van der Waals surface area contributed by atoms with Crippen LogP contribution in [0.1, 0.15) is 5.56 Å². The lowest BCUT2D eigenvalue weighted by molar-refractivity contribution is -0.216. The van der Waals surface area contributed by atoms with Gasteiger partial charge < -0.3 is 19.3 Å². The van der Waals surface area contributed by atoms with Crippen molar-refractivity contribution in [3.05, 3.63) is 35.9 Å². The van der Waals surface area contributed by atoms with Crippen molar-refractivity contribution in [2.45, 2.75) is 31.1 Å². The fraction of sp³-hybridized carbons (Fsp3) is 0.533. The van der Waals surface area contributed by atoms with E-state index in [1.54, 1.807) is 24.3 Å². The first-order valence-electron chi connectivity index (χ1n) is 6.94. The maximum Gasteiger partial charge on any atom is 0.398 e. The number of alkyl halides is 3. The van der Waals surface area contributed by atoms with Crippen LogP contribution in [0.5, 0.6) is 0 Å². The normalized spacial score (nSPS) is 26.1. The first-order valence-corrected chi connectivity index (χ1v) is 6.94. The van der Waals surface area contributed by atoms with E-state index >= 15 is 0 Å². The first kappa shape index (κ1) is 17.7. The van der Waals surface area contributed by atoms with Gasteiger partial charge in [0.25, 0.3) is 0 Å². The van der Waals surface area contributed by atoms with E-state index in [9.17, 15) is 23.1 Å². The molecule has 23 heavy (non-hydrogen) atoms. The monoisotopic (exact) mass is 334 g/mol. The van der Waals surface area contributed by atoms with Crippen LogP contribution in [0.4, 0.5) is 13.2 Å². The quantitative estimate of drug-likeness (QED) is 0.802. The number of rotatable bonds is 6. The molecule has 0 aromatic heterocycles. The summed E-state index contributed by atoms with van der Waals surface area (Å²) in [5, 5.41) is 9.93. The van der Waals surface area contributed by atoms with Gasteiger partial charge in [-0.05, 0) is 5.56 Å². The summed E-state index contributed by atoms with van der Waals surface area (Å²) in [6.07, 6.45) is -9.86. The minimum Gasteiger partial charge on any atom is -0.457 e. The number of cyclic esters (lactones) is 1. The Kier molecular flexibility index (Phi) is 5.61. The number of carbonyl (C=O) groups excluding carboxylic acids is 1. The van der Waals surface area contributed by atoms with Crippen molar-refractivity contribution in [1.82, 2.24) is 0 Å². The van der Waals surface area contributed by atoms with E-state index in [4.69, 9.17) is 4.74 Å². The Morgan fingerprint density at radius 1 is 1.30 bits per heavy atom. The molecule has 0 radical (unpaired) electrons. The molecule has 2 rings (SSSR count). The Bertz CT molecular complexity index is 520. The summed E-state index contributed by atoms with van der Waals surface area (Å²) in [6.45, 7) is -0.265. The summed E-state index contributed by atoms with van der Waals surface area (Å²) in [5.41, 5.74) is 0.810. The third-order valence-corrected chi connectivity index (χ3v) is 3.58. The van der Waals surface area contributed by atoms with Crippen LogP contribution in [0.2, 0.25) is 0 Å². The summed E-state index contributed by atoms with van der Waals surface area (Å²) >= 11 is 0. The molecule has 1 fully saturated rings. The minimum atomic E-state index is -4.74. The number of hydrogen-bond acceptors (Lipinski definition) is 5. The summed E-state index contributed by atoms with van der Waals surface area (Å²) < 4.78 is 53.7. The first-order chi connectivity index (χ1) is 10.8. The molecule has 1 aromatic carbocycles. The standard InChI is InChI=1S/C15H17F3O5/c1-21-13-11(15(16,17)18)12(23-14(13)20)10(19)8-22-7-9-5-3-2-4-6-9/h2-6,10-13,19H,7-8H2,1H3/t10-,11+,12+,13+/m1/s1. The molecule has 1 saturated heterocycles. The summed E-state index contributed by atoms with van der Waals surface area (Å²) in [4.78, 5) is 11.5. The van der Waals surface area contributed by atoms with Crippen LogP contribution in [0.15, 0.2) is 30.3 Å². The second-order valence-electron chi connectivity index (χ2n) is 5.19. The van der Waals surface area contributed by atoms with Crippen molar-refractivity contribution in [2.75, 3.05) is 13.7 Å². The third kappa shape index (κ3) is 4.21. The average molecular weight is 334 g/mol. The lowest BCUT2D eigenvalue weighted by Crippen LogP contribution is -2.45. The van der Waals surface area contributed by atoms with E-state index in [0.29, 0.717) is 0 Å². The molecule has 1 aromatic rings. The Labute approximate surface area is 131 Å². The minimum absolute atomic E-state index is 0.128. The lowest BCUT2D eigenvalue weighted by Gasteiger charge is -2.26. The molecule has 128 valence electrons. The van der Waals surface area contributed by atoms with Crippen LogP contribution in [-0.2, 0) is 25.6 Å². The number of benzene rings is 1. The highest BCUT2D eigenvalue weighted by Crippen LogP contribution is 2.40. The largest absolute Gasteiger partial charge is 0.457 e. The van der Waals surface area contributed by atoms with Crippen LogP contribution >= 0.6 is 0 Å². The zero-order chi connectivity index (χ0) is 17.0. The van der Waals surface area contributed by atoms with Crippen molar-refractivity contribution < 1.29 is 37.3 Å². The number of aliphatic hydroxyl groups excluding tert-OH is 1. The molecule has 0 aliphatic carbocycles. The number of hydrogen-bond donors (Lipinski definition) is 1. The van der Waals surface area contributed by atoms with Crippen molar-refractivity contribution >= 4 is 5.97 Å². The summed E-state index contributed by atoms with van der Waals surface area (Å²) in [7, 11) is 0.991. The SMILES string of the molecule is CO[C@@H]1C(=O)O[C@@H]([C@H](O)COCc2ccccc2)[C@@H]1C(F)(F)F. The van der Waals surface area contributed by atoms with Gasteiger partial charge in [-0.15, -0.1) is 0 Å². The van der Waals surface area contributed by atoms with Crippen molar-refractivity contribution in [3.8, 4) is 0 Å². The highest BCUT2D eigenvalue weighted by molar-refractivity contribution is 5.78. The molecule has 8 heteroatoms. The van der Waals surface area contributed by atoms with Gasteiger partial charge in [0.05, 0.1) is 13.2 Å². The molecule has 0 spiro atoms. The van der Waals surface area contributed by atoms with Crippen LogP contribution in [0, 0.1) is 5.92 Å². The van der Waals surface area contributed by atoms with Gasteiger partial charge >= 0.3 is 12.1 Å². The predicted molar refractivity (Wildman–Crippen MR) is 72.3 cm³/mol. The fourth-order valence-corrected chi connectivity index (χ4v) is 2.48. The van der Waals surface area contributed by atoms with Crippen molar-refractivity contribution in [1.29, 1.82) is 0 Å². The van der Waals surface area contributed by atoms with Gasteiger partial charge in [-0.25, -0.2) is 4.79 Å². The third-order valence-electron chi connectivity index (χ3n) is 3.58. The van der Waals surface area contributed by atoms with Crippen LogP contribution in [-0.4, -0.2) is 49.3 Å². The van der Waals surface area contributed by atoms with Crippen LogP contribution in [0.25, 0.3) is 0 Å². The number of methoxy groups -OCH3 is 1. The van der Waals surface area contributed by atoms with Gasteiger partial charge in [0.2, 0.25) is 0 Å². The molecule has 0 saturated carbocycles. The highest BCUT2D eigenvalue weighted by atomic mass is 19.4. The fourth-order valence-electron chi connectivity index (χ4n) is 2.48. The van der Waals surface area contributed by atoms with E-state index in [0.717, 1.165) is 12.7 Å². The summed E-state index contributed by atoms with van der Waals surface area (Å²) in [6, 6.07) is 8.95. The van der Waals surface area contributed by atoms with Crippen molar-refractivity contribution in [2.24, 2.45) is 5.92 Å². The summed E-state index contributed by atoms with van der Waals surface area (Å²) in [5.74, 6) is -3.36. The molecule has 0 bridgehead atoms. The zero-order valence-corrected chi connectivity index (χ0v) is 12.3. The van der Waals surface area contributed by atoms with E-state index in [1.807, 2.05) is 6.07 Å². The number of halogens is 3. The molecule has 1 aliphatic heterocycles. The molecule has 1 aliphatic rings. The van der Waals surface area contributed by atoms with E-state index < -0.39 is 43.0 Å². The molecular formula is C15H17F3O5. The van der Waals surface area contributed by atoms with Crippen LogP contribution in [0.3, 0.4) is 0 Å². The maximum absolute atomic E-state index is 13.1. The van der Waals surface area contributed by atoms with E-state index in [1.165, 1.54) is 0 Å². The Morgan fingerprint density at radius 3 is 2.52 bits per heavy atom. The van der Waals surface area contributed by atoms with Crippen molar-refractivity contribution in [3.63, 3.8) is 0 Å². The van der Waals surface area contributed by atoms with Crippen LogP contribution < -0.4 is 0 Å². The Balaban J connectivity index is 1.97. The molecule has 5 nitrogen and oxygen atoms in total. The lowest BCUT2D eigenvalue weighted by atomic mass is 9.94. The topological polar surface area (TPSA) is 65.0 Å². The highest BCUT2D eigenvalue weighted by Gasteiger charge is 2.60. The van der Waals surface area contributed by atoms with E-state index in [-0.39, 0.29) is 6.61 Å². The number of aliphatic hydroxyl groups is 1. The van der Waals surface area contributed by atoms with Gasteiger partial charge in [-0.2, -0.15) is 13.2 Å². The van der Waals surface area contributed by atoms with Gasteiger partial charge in [-0.3, -0.25) is 0 Å². The second-order valence-corrected chi connectivity index (χ2v) is 5.19. The number of esters is 1. The second kappa shape index (κ2) is 7.29. The smallest absolute Gasteiger partial charge is 0.398 e. The predicted octanol–water partition coefficient (Wildman–Crippen LogP) is 1.68. The van der Waals surface area contributed by atoms with Gasteiger partial charge in [0.1, 0.15) is 18.1 Å². The molecule has 0 unspecified atom stereocenters. The average Bonchev–Trinajstić information content (AvgIpc) is 2.85. The molecule has 4 atom stereocenters. The Hall–Kier alpha value is -1.64. The van der Waals surface area contributed by atoms with E-state index in [2.05, 4.69) is 9.47 Å². The zero-order valence-electron chi connectivity index (χ0n) is 12.3. The molecule has 1 heterocycles. The molecular weight excluding hydrogens is 317 g/mol. The maximum atomic E-state index is 13.1. The number of ether oxygens (including phenoxy) is 3.